The lowest BCUT2D eigenvalue weighted by Crippen LogP contribution is -2.19. The number of nitro groups is 1. The molecule has 0 atom stereocenters. The molecule has 108 valence electrons. The summed E-state index contributed by atoms with van der Waals surface area (Å²) in [7, 11) is 0. The van der Waals surface area contributed by atoms with Gasteiger partial charge in [-0.2, -0.15) is 0 Å². The average Bonchev–Trinajstić information content (AvgIpc) is 2.46. The van der Waals surface area contributed by atoms with Crippen LogP contribution in [0.15, 0.2) is 48.5 Å². The molecule has 0 unspecified atom stereocenters. The SMILES string of the molecule is NC(=O)Nc1ccc(NCc2ccc([N+](=O)[O-])cc2)cc1. The molecule has 0 fully saturated rings. The summed E-state index contributed by atoms with van der Waals surface area (Å²) in [5, 5.41) is 16.2. The first-order valence-corrected chi connectivity index (χ1v) is 6.18. The fourth-order valence-corrected chi connectivity index (χ4v) is 1.75. The topological polar surface area (TPSA) is 110 Å². The fraction of sp³-hybridized carbons (Fsp3) is 0.0714. The molecule has 0 saturated carbocycles. The first-order chi connectivity index (χ1) is 10.0. The molecule has 0 radical (unpaired) electrons. The Balaban J connectivity index is 1.93. The van der Waals surface area contributed by atoms with Crippen molar-refractivity contribution in [3.05, 3.63) is 64.2 Å². The van der Waals surface area contributed by atoms with E-state index in [1.807, 2.05) is 0 Å². The number of carbonyl (C=O) groups is 1. The van der Waals surface area contributed by atoms with E-state index >= 15 is 0 Å². The van der Waals surface area contributed by atoms with Crippen LogP contribution in [0.2, 0.25) is 0 Å². The number of benzene rings is 2. The summed E-state index contributed by atoms with van der Waals surface area (Å²) in [6.07, 6.45) is 0. The van der Waals surface area contributed by atoms with E-state index in [2.05, 4.69) is 10.6 Å². The van der Waals surface area contributed by atoms with Gasteiger partial charge in [0, 0.05) is 30.1 Å². The Bertz CT molecular complexity index is 638. The van der Waals surface area contributed by atoms with E-state index in [0.29, 0.717) is 12.2 Å². The minimum absolute atomic E-state index is 0.0700. The lowest BCUT2D eigenvalue weighted by Gasteiger charge is -2.08. The second-order valence-corrected chi connectivity index (χ2v) is 4.34. The number of nitrogens with two attached hydrogens (primary N) is 1. The Kier molecular flexibility index (Phi) is 4.35. The van der Waals surface area contributed by atoms with Crippen LogP contribution in [0, 0.1) is 10.1 Å². The maximum atomic E-state index is 10.7. The zero-order chi connectivity index (χ0) is 15.2. The smallest absolute Gasteiger partial charge is 0.316 e. The number of rotatable bonds is 5. The highest BCUT2D eigenvalue weighted by atomic mass is 16.6. The van der Waals surface area contributed by atoms with E-state index in [4.69, 9.17) is 5.73 Å². The van der Waals surface area contributed by atoms with Gasteiger partial charge in [0.05, 0.1) is 4.92 Å². The number of urea groups is 1. The molecule has 0 bridgehead atoms. The molecule has 0 aliphatic carbocycles. The standard InChI is InChI=1S/C14H14N4O3/c15-14(19)17-12-5-3-11(4-6-12)16-9-10-1-7-13(8-2-10)18(20)21/h1-8,16H,9H2,(H3,15,17,19). The Labute approximate surface area is 120 Å². The number of hydrogen-bond donors (Lipinski definition) is 3. The van der Waals surface area contributed by atoms with Gasteiger partial charge in [-0.05, 0) is 29.8 Å². The Morgan fingerprint density at radius 3 is 2.14 bits per heavy atom. The summed E-state index contributed by atoms with van der Waals surface area (Å²) in [5.74, 6) is 0. The third kappa shape index (κ3) is 4.20. The van der Waals surface area contributed by atoms with Crippen LogP contribution in [0.4, 0.5) is 21.9 Å². The number of primary amides is 1. The highest BCUT2D eigenvalue weighted by Gasteiger charge is 2.03. The van der Waals surface area contributed by atoms with Gasteiger partial charge in [-0.1, -0.05) is 12.1 Å². The number of nitro benzene ring substituents is 1. The van der Waals surface area contributed by atoms with Gasteiger partial charge in [0.25, 0.3) is 5.69 Å². The average molecular weight is 286 g/mol. The molecule has 7 heteroatoms. The summed E-state index contributed by atoms with van der Waals surface area (Å²) >= 11 is 0. The summed E-state index contributed by atoms with van der Waals surface area (Å²) in [6.45, 7) is 0.542. The predicted molar refractivity (Wildman–Crippen MR) is 80.1 cm³/mol. The molecule has 2 aromatic rings. The van der Waals surface area contributed by atoms with E-state index < -0.39 is 11.0 Å². The van der Waals surface area contributed by atoms with E-state index in [0.717, 1.165) is 11.3 Å². The maximum absolute atomic E-state index is 10.7. The highest BCUT2D eigenvalue weighted by molar-refractivity contribution is 5.87. The van der Waals surface area contributed by atoms with Gasteiger partial charge in [0.2, 0.25) is 0 Å². The molecule has 0 heterocycles. The van der Waals surface area contributed by atoms with Crippen molar-refractivity contribution in [1.82, 2.24) is 0 Å². The van der Waals surface area contributed by atoms with Gasteiger partial charge in [0.1, 0.15) is 0 Å². The van der Waals surface area contributed by atoms with Crippen molar-refractivity contribution in [2.75, 3.05) is 10.6 Å². The molecule has 7 nitrogen and oxygen atoms in total. The van der Waals surface area contributed by atoms with Crippen LogP contribution in [0.1, 0.15) is 5.56 Å². The second kappa shape index (κ2) is 6.38. The third-order valence-corrected chi connectivity index (χ3v) is 2.80. The first-order valence-electron chi connectivity index (χ1n) is 6.18. The molecule has 0 aliphatic rings. The minimum Gasteiger partial charge on any atom is -0.381 e. The molecule has 4 N–H and O–H groups in total. The quantitative estimate of drug-likeness (QED) is 0.579. The maximum Gasteiger partial charge on any atom is 0.316 e. The van der Waals surface area contributed by atoms with E-state index in [1.165, 1.54) is 12.1 Å². The van der Waals surface area contributed by atoms with Crippen LogP contribution < -0.4 is 16.4 Å². The predicted octanol–water partition coefficient (Wildman–Crippen LogP) is 2.70. The highest BCUT2D eigenvalue weighted by Crippen LogP contribution is 2.16. The molecule has 2 amide bonds. The van der Waals surface area contributed by atoms with Crippen LogP contribution in [-0.2, 0) is 6.54 Å². The molecule has 0 aliphatic heterocycles. The van der Waals surface area contributed by atoms with Gasteiger partial charge in [-0.25, -0.2) is 4.79 Å². The third-order valence-electron chi connectivity index (χ3n) is 2.80. The molecule has 2 rings (SSSR count). The van der Waals surface area contributed by atoms with Crippen molar-refractivity contribution in [3.8, 4) is 0 Å². The molecular formula is C14H14N4O3. The number of non-ortho nitro benzene ring substituents is 1. The van der Waals surface area contributed by atoms with Crippen LogP contribution in [0.25, 0.3) is 0 Å². The van der Waals surface area contributed by atoms with E-state index in [1.54, 1.807) is 36.4 Å². The van der Waals surface area contributed by atoms with E-state index in [9.17, 15) is 14.9 Å². The van der Waals surface area contributed by atoms with E-state index in [-0.39, 0.29) is 5.69 Å². The lowest BCUT2D eigenvalue weighted by atomic mass is 10.2. The normalized spacial score (nSPS) is 9.90. The van der Waals surface area contributed by atoms with Crippen molar-refractivity contribution in [2.45, 2.75) is 6.54 Å². The molecule has 21 heavy (non-hydrogen) atoms. The van der Waals surface area contributed by atoms with Gasteiger partial charge in [-0.15, -0.1) is 0 Å². The Hall–Kier alpha value is -3.09. The molecule has 2 aromatic carbocycles. The van der Waals surface area contributed by atoms with Gasteiger partial charge >= 0.3 is 6.03 Å². The van der Waals surface area contributed by atoms with Crippen molar-refractivity contribution in [3.63, 3.8) is 0 Å². The van der Waals surface area contributed by atoms with Gasteiger partial charge < -0.3 is 16.4 Å². The summed E-state index contributed by atoms with van der Waals surface area (Å²) in [4.78, 5) is 20.8. The molecular weight excluding hydrogens is 272 g/mol. The number of anilines is 2. The summed E-state index contributed by atoms with van der Waals surface area (Å²) in [6, 6.07) is 12.8. The number of carbonyl (C=O) groups excluding carboxylic acids is 1. The van der Waals surface area contributed by atoms with Crippen LogP contribution in [0.3, 0.4) is 0 Å². The number of nitrogens with one attached hydrogen (secondary N) is 2. The lowest BCUT2D eigenvalue weighted by molar-refractivity contribution is -0.384. The van der Waals surface area contributed by atoms with Gasteiger partial charge in [-0.3, -0.25) is 10.1 Å². The van der Waals surface area contributed by atoms with Crippen molar-refractivity contribution >= 4 is 23.1 Å². The van der Waals surface area contributed by atoms with Crippen molar-refractivity contribution < 1.29 is 9.72 Å². The van der Waals surface area contributed by atoms with Crippen molar-refractivity contribution in [1.29, 1.82) is 0 Å². The largest absolute Gasteiger partial charge is 0.381 e. The van der Waals surface area contributed by atoms with Crippen LogP contribution >= 0.6 is 0 Å². The minimum atomic E-state index is -0.610. The second-order valence-electron chi connectivity index (χ2n) is 4.34. The van der Waals surface area contributed by atoms with Crippen LogP contribution in [-0.4, -0.2) is 11.0 Å². The zero-order valence-electron chi connectivity index (χ0n) is 11.1. The fourth-order valence-electron chi connectivity index (χ4n) is 1.75. The molecule has 0 aromatic heterocycles. The number of nitrogens with zero attached hydrogens (tertiary/aromatic N) is 1. The molecule has 0 spiro atoms. The summed E-state index contributed by atoms with van der Waals surface area (Å²) in [5.41, 5.74) is 7.50. The first kappa shape index (κ1) is 14.3. The molecule has 0 saturated heterocycles. The van der Waals surface area contributed by atoms with Crippen LogP contribution in [0.5, 0.6) is 0 Å². The Morgan fingerprint density at radius 2 is 1.62 bits per heavy atom. The zero-order valence-corrected chi connectivity index (χ0v) is 11.1. The number of amides is 2. The van der Waals surface area contributed by atoms with Gasteiger partial charge in [0.15, 0.2) is 0 Å². The number of hydrogen-bond acceptors (Lipinski definition) is 4. The Morgan fingerprint density at radius 1 is 1.05 bits per heavy atom. The monoisotopic (exact) mass is 286 g/mol. The van der Waals surface area contributed by atoms with Crippen molar-refractivity contribution in [2.24, 2.45) is 5.73 Å². The summed E-state index contributed by atoms with van der Waals surface area (Å²) < 4.78 is 0.